The van der Waals surface area contributed by atoms with Gasteiger partial charge in [0.1, 0.15) is 17.6 Å². The second kappa shape index (κ2) is 12.8. The molecule has 1 atom stereocenters. The van der Waals surface area contributed by atoms with Crippen molar-refractivity contribution in [3.05, 3.63) is 112 Å². The average molecular weight is 609 g/mol. The zero-order valence-electron chi connectivity index (χ0n) is 22.9. The number of carbonyl (C=O) groups excluding carboxylic acids is 1. The molecule has 1 amide bonds. The van der Waals surface area contributed by atoms with Crippen LogP contribution in [-0.4, -0.2) is 46.1 Å². The first-order valence-corrected chi connectivity index (χ1v) is 14.1. The minimum Gasteiger partial charge on any atom is -0.480 e. The van der Waals surface area contributed by atoms with Gasteiger partial charge >= 0.3 is 12.1 Å². The zero-order valence-corrected chi connectivity index (χ0v) is 23.6. The number of rotatable bonds is 8. The van der Waals surface area contributed by atoms with E-state index in [9.17, 15) is 27.9 Å². The third-order valence-electron chi connectivity index (χ3n) is 7.44. The highest BCUT2D eigenvalue weighted by molar-refractivity contribution is 6.30. The SMILES string of the molecule is O=C(NC(Cc1ccc(Cl)cc1)C(=O)O)c1cc(N2CCC(c3ccccc3)CC2)nc(-c2cccc(C(F)(F)F)c2)n1. The van der Waals surface area contributed by atoms with Gasteiger partial charge in [0.2, 0.25) is 0 Å². The molecule has 0 aliphatic carbocycles. The van der Waals surface area contributed by atoms with Crippen molar-refractivity contribution in [1.82, 2.24) is 15.3 Å². The van der Waals surface area contributed by atoms with Crippen LogP contribution in [-0.2, 0) is 17.4 Å². The third kappa shape index (κ3) is 7.50. The molecule has 1 aliphatic rings. The number of aromatic nitrogens is 2. The van der Waals surface area contributed by atoms with Crippen LogP contribution < -0.4 is 10.2 Å². The van der Waals surface area contributed by atoms with Gasteiger partial charge in [-0.1, -0.05) is 66.2 Å². The van der Waals surface area contributed by atoms with Gasteiger partial charge in [-0.15, -0.1) is 0 Å². The van der Waals surface area contributed by atoms with Crippen molar-refractivity contribution in [2.75, 3.05) is 18.0 Å². The molecule has 4 aromatic rings. The molecule has 0 bridgehead atoms. The summed E-state index contributed by atoms with van der Waals surface area (Å²) in [7, 11) is 0. The van der Waals surface area contributed by atoms with E-state index in [0.717, 1.165) is 25.0 Å². The van der Waals surface area contributed by atoms with E-state index in [-0.39, 0.29) is 23.5 Å². The molecule has 3 aromatic carbocycles. The highest BCUT2D eigenvalue weighted by atomic mass is 35.5. The van der Waals surface area contributed by atoms with Crippen molar-refractivity contribution in [3.8, 4) is 11.4 Å². The van der Waals surface area contributed by atoms with E-state index in [4.69, 9.17) is 11.6 Å². The fourth-order valence-corrected chi connectivity index (χ4v) is 5.26. The molecule has 1 saturated heterocycles. The Labute approximate surface area is 251 Å². The van der Waals surface area contributed by atoms with E-state index in [0.29, 0.717) is 35.4 Å². The minimum atomic E-state index is -4.58. The number of hydrogen-bond donors (Lipinski definition) is 2. The fourth-order valence-electron chi connectivity index (χ4n) is 5.13. The number of nitrogens with one attached hydrogen (secondary N) is 1. The van der Waals surface area contributed by atoms with E-state index >= 15 is 0 Å². The average Bonchev–Trinajstić information content (AvgIpc) is 3.01. The molecule has 0 saturated carbocycles. The standard InChI is InChI=1S/C32H28ClF3N4O3/c33-25-11-9-20(10-12-25)17-27(31(42)43)38-30(41)26-19-28(40-15-13-22(14-16-40)21-5-2-1-3-6-21)39-29(37-26)23-7-4-8-24(18-23)32(34,35)36/h1-12,18-19,22,27H,13-17H2,(H,38,41)(H,42,43). The van der Waals surface area contributed by atoms with Crippen molar-refractivity contribution < 1.29 is 27.9 Å². The number of anilines is 1. The number of aliphatic carboxylic acids is 1. The number of nitrogens with zero attached hydrogens (tertiary/aromatic N) is 3. The summed E-state index contributed by atoms with van der Waals surface area (Å²) in [6.45, 7) is 1.21. The summed E-state index contributed by atoms with van der Waals surface area (Å²) in [5.74, 6) is -1.38. The van der Waals surface area contributed by atoms with Crippen LogP contribution >= 0.6 is 11.6 Å². The Hall–Kier alpha value is -4.44. The second-order valence-electron chi connectivity index (χ2n) is 10.4. The van der Waals surface area contributed by atoms with Crippen LogP contribution in [0.15, 0.2) is 84.9 Å². The first kappa shape index (κ1) is 30.0. The molecule has 1 unspecified atom stereocenters. The first-order valence-electron chi connectivity index (χ1n) is 13.7. The minimum absolute atomic E-state index is 0.0103. The molecule has 1 fully saturated rings. The summed E-state index contributed by atoms with van der Waals surface area (Å²) in [6, 6.07) is 21.4. The second-order valence-corrected chi connectivity index (χ2v) is 10.8. The van der Waals surface area contributed by atoms with Gasteiger partial charge in [-0.2, -0.15) is 13.2 Å². The maximum Gasteiger partial charge on any atom is 0.416 e. The van der Waals surface area contributed by atoms with Gasteiger partial charge in [-0.05, 0) is 54.2 Å². The number of hydrogen-bond acceptors (Lipinski definition) is 5. The number of carbonyl (C=O) groups is 2. The van der Waals surface area contributed by atoms with E-state index < -0.39 is 29.7 Å². The Balaban J connectivity index is 1.44. The molecule has 1 aromatic heterocycles. The topological polar surface area (TPSA) is 95.4 Å². The number of carboxylic acid groups (broad SMARTS) is 1. The van der Waals surface area contributed by atoms with Crippen molar-refractivity contribution in [3.63, 3.8) is 0 Å². The Kier molecular flexibility index (Phi) is 8.96. The monoisotopic (exact) mass is 608 g/mol. The smallest absolute Gasteiger partial charge is 0.416 e. The summed E-state index contributed by atoms with van der Waals surface area (Å²) >= 11 is 5.93. The van der Waals surface area contributed by atoms with Gasteiger partial charge in [0.05, 0.1) is 5.56 Å². The van der Waals surface area contributed by atoms with Gasteiger partial charge in [0, 0.05) is 36.2 Å². The molecular weight excluding hydrogens is 581 g/mol. The van der Waals surface area contributed by atoms with Crippen molar-refractivity contribution in [2.45, 2.75) is 37.4 Å². The fraction of sp³-hybridized carbons (Fsp3) is 0.250. The van der Waals surface area contributed by atoms with Crippen LogP contribution in [0.3, 0.4) is 0 Å². The van der Waals surface area contributed by atoms with Crippen LogP contribution in [0.1, 0.15) is 45.9 Å². The predicted octanol–water partition coefficient (Wildman–Crippen LogP) is 6.63. The Morgan fingerprint density at radius 2 is 1.65 bits per heavy atom. The maximum absolute atomic E-state index is 13.5. The molecule has 0 radical (unpaired) electrons. The summed E-state index contributed by atoms with van der Waals surface area (Å²) in [4.78, 5) is 36.2. The summed E-state index contributed by atoms with van der Waals surface area (Å²) in [5.41, 5.74) is 0.940. The lowest BCUT2D eigenvalue weighted by molar-refractivity contribution is -0.139. The summed E-state index contributed by atoms with van der Waals surface area (Å²) < 4.78 is 40.4. The van der Waals surface area contributed by atoms with Gasteiger partial charge in [-0.3, -0.25) is 4.79 Å². The van der Waals surface area contributed by atoms with Gasteiger partial charge < -0.3 is 15.3 Å². The highest BCUT2D eigenvalue weighted by Gasteiger charge is 2.31. The summed E-state index contributed by atoms with van der Waals surface area (Å²) in [6.07, 6.45) is -2.96. The number of amides is 1. The van der Waals surface area contributed by atoms with Crippen LogP contribution in [0.5, 0.6) is 0 Å². The van der Waals surface area contributed by atoms with Crippen LogP contribution in [0, 0.1) is 0 Å². The highest BCUT2D eigenvalue weighted by Crippen LogP contribution is 2.33. The van der Waals surface area contributed by atoms with E-state index in [2.05, 4.69) is 27.4 Å². The zero-order chi connectivity index (χ0) is 30.6. The van der Waals surface area contributed by atoms with Crippen LogP contribution in [0.4, 0.5) is 19.0 Å². The molecule has 222 valence electrons. The molecule has 7 nitrogen and oxygen atoms in total. The molecule has 2 heterocycles. The molecule has 2 N–H and O–H groups in total. The number of halogens is 4. The predicted molar refractivity (Wildman–Crippen MR) is 157 cm³/mol. The van der Waals surface area contributed by atoms with E-state index in [1.54, 1.807) is 24.3 Å². The lowest BCUT2D eigenvalue weighted by atomic mass is 9.89. The molecule has 1 aliphatic heterocycles. The maximum atomic E-state index is 13.5. The molecule has 0 spiro atoms. The largest absolute Gasteiger partial charge is 0.480 e. The van der Waals surface area contributed by atoms with Gasteiger partial charge in [0.15, 0.2) is 5.82 Å². The molecule has 43 heavy (non-hydrogen) atoms. The molecular formula is C32H28ClF3N4O3. The quantitative estimate of drug-likeness (QED) is 0.233. The van der Waals surface area contributed by atoms with E-state index in [1.165, 1.54) is 23.8 Å². The van der Waals surface area contributed by atoms with Gasteiger partial charge in [0.25, 0.3) is 5.91 Å². The van der Waals surface area contributed by atoms with Crippen molar-refractivity contribution in [1.29, 1.82) is 0 Å². The van der Waals surface area contributed by atoms with Crippen molar-refractivity contribution in [2.24, 2.45) is 0 Å². The lowest BCUT2D eigenvalue weighted by Crippen LogP contribution is -2.42. The Bertz CT molecular complexity index is 1590. The van der Waals surface area contributed by atoms with Crippen molar-refractivity contribution >= 4 is 29.3 Å². The van der Waals surface area contributed by atoms with Crippen LogP contribution in [0.2, 0.25) is 5.02 Å². The summed E-state index contributed by atoms with van der Waals surface area (Å²) in [5, 5.41) is 12.8. The lowest BCUT2D eigenvalue weighted by Gasteiger charge is -2.33. The number of piperidine rings is 1. The van der Waals surface area contributed by atoms with Crippen LogP contribution in [0.25, 0.3) is 11.4 Å². The molecule has 11 heteroatoms. The van der Waals surface area contributed by atoms with E-state index in [1.807, 2.05) is 23.1 Å². The third-order valence-corrected chi connectivity index (χ3v) is 7.69. The Morgan fingerprint density at radius 3 is 2.30 bits per heavy atom. The number of alkyl halides is 3. The Morgan fingerprint density at radius 1 is 0.953 bits per heavy atom. The first-order chi connectivity index (χ1) is 20.6. The number of benzene rings is 3. The molecule has 5 rings (SSSR count). The van der Waals surface area contributed by atoms with Gasteiger partial charge in [-0.25, -0.2) is 14.8 Å². The normalized spacial score (nSPS) is 14.7. The number of carboxylic acids is 1.